The number of rotatable bonds is 6. The average molecular weight is 568 g/mol. The van der Waals surface area contributed by atoms with Crippen LogP contribution in [-0.4, -0.2) is 55.9 Å². The number of nitrogens with one attached hydrogen (secondary N) is 2. The molecule has 0 spiro atoms. The molecule has 39 heavy (non-hydrogen) atoms. The molecule has 3 fully saturated rings. The molecule has 0 radical (unpaired) electrons. The summed E-state index contributed by atoms with van der Waals surface area (Å²) in [5.41, 5.74) is -1.28. The maximum absolute atomic E-state index is 15.0. The molecule has 0 aromatic heterocycles. The van der Waals surface area contributed by atoms with E-state index < -0.39 is 57.2 Å². The van der Waals surface area contributed by atoms with E-state index in [0.717, 1.165) is 18.4 Å². The van der Waals surface area contributed by atoms with Crippen molar-refractivity contribution in [1.29, 1.82) is 0 Å². The fraction of sp³-hybridized carbons (Fsp3) is 0.423. The highest BCUT2D eigenvalue weighted by atomic mass is 32.2. The minimum absolute atomic E-state index is 0.0443. The molecule has 2 aromatic rings. The van der Waals surface area contributed by atoms with E-state index in [4.69, 9.17) is 0 Å². The van der Waals surface area contributed by atoms with Crippen LogP contribution in [0.3, 0.4) is 0 Å². The Morgan fingerprint density at radius 3 is 2.49 bits per heavy atom. The van der Waals surface area contributed by atoms with E-state index in [0.29, 0.717) is 18.9 Å². The Bertz CT molecular complexity index is 1460. The van der Waals surface area contributed by atoms with Crippen LogP contribution in [-0.2, 0) is 25.6 Å². The van der Waals surface area contributed by atoms with Crippen molar-refractivity contribution in [1.82, 2.24) is 15.5 Å². The van der Waals surface area contributed by atoms with E-state index in [1.165, 1.54) is 29.2 Å². The lowest BCUT2D eigenvalue weighted by Gasteiger charge is -2.31. The smallest absolute Gasteiger partial charge is 0.356 e. The van der Waals surface area contributed by atoms with E-state index >= 15 is 0 Å². The van der Waals surface area contributed by atoms with E-state index in [1.807, 2.05) is 0 Å². The van der Waals surface area contributed by atoms with Gasteiger partial charge in [-0.1, -0.05) is 12.1 Å². The largest absolute Gasteiger partial charge is 0.416 e. The number of nitrogens with zero attached hydrogens (tertiary/aromatic N) is 1. The van der Waals surface area contributed by atoms with Gasteiger partial charge in [0, 0.05) is 42.3 Å². The van der Waals surface area contributed by atoms with Gasteiger partial charge in [-0.15, -0.1) is 0 Å². The van der Waals surface area contributed by atoms with Crippen molar-refractivity contribution in [3.63, 3.8) is 0 Å². The van der Waals surface area contributed by atoms with Crippen LogP contribution in [0.2, 0.25) is 0 Å². The van der Waals surface area contributed by atoms with Crippen LogP contribution in [0, 0.1) is 17.7 Å². The Hall–Kier alpha value is -3.48. The number of fused-ring (bicyclic) bond motifs is 1. The molecule has 3 aliphatic rings. The van der Waals surface area contributed by atoms with Crippen LogP contribution in [0.1, 0.15) is 46.8 Å². The summed E-state index contributed by atoms with van der Waals surface area (Å²) in [6.45, 7) is 0.0844. The van der Waals surface area contributed by atoms with Crippen molar-refractivity contribution in [3.05, 3.63) is 65.0 Å². The number of likely N-dealkylation sites (tertiary alicyclic amines) is 1. The molecular formula is C26H25F4N3O5S. The van der Waals surface area contributed by atoms with Gasteiger partial charge in [-0.3, -0.25) is 14.4 Å². The first-order valence-electron chi connectivity index (χ1n) is 12.3. The minimum atomic E-state index is -4.76. The number of benzene rings is 2. The second-order valence-corrected chi connectivity index (χ2v) is 12.3. The standard InChI is InChI=1S/C26H25F4N3O5S/c1-39(37,38)17-4-2-3-13(7-17)25(36)33-20-8-14(20)9-21(33)24(35)32-23(15-10-22(34)31-12-15)18-6-5-16(11-19(18)27)26(28,29)30/h2-7,11,14-15,20-21,23H,8-10,12H2,1H3,(H,31,34)(H,32,35)/t14-,15-,20-,21-,23?/m1/s1. The molecule has 1 aliphatic carbocycles. The van der Waals surface area contributed by atoms with Gasteiger partial charge in [0.15, 0.2) is 9.84 Å². The van der Waals surface area contributed by atoms with Gasteiger partial charge >= 0.3 is 6.18 Å². The molecule has 13 heteroatoms. The monoisotopic (exact) mass is 567 g/mol. The third-order valence-corrected chi connectivity index (χ3v) is 8.70. The van der Waals surface area contributed by atoms with Crippen molar-refractivity contribution in [2.75, 3.05) is 12.8 Å². The number of alkyl halides is 3. The molecule has 5 rings (SSSR count). The third kappa shape index (κ3) is 5.36. The Balaban J connectivity index is 1.42. The van der Waals surface area contributed by atoms with Crippen molar-refractivity contribution in [2.24, 2.45) is 11.8 Å². The number of carbonyl (C=O) groups excluding carboxylic acids is 3. The second kappa shape index (κ2) is 9.61. The third-order valence-electron chi connectivity index (χ3n) is 7.59. The maximum atomic E-state index is 15.0. The fourth-order valence-electron chi connectivity index (χ4n) is 5.51. The topological polar surface area (TPSA) is 113 Å². The number of carbonyl (C=O) groups is 3. The molecule has 3 amide bonds. The van der Waals surface area contributed by atoms with Gasteiger partial charge < -0.3 is 15.5 Å². The fourth-order valence-corrected chi connectivity index (χ4v) is 6.18. The summed E-state index contributed by atoms with van der Waals surface area (Å²) >= 11 is 0. The predicted octanol–water partition coefficient (Wildman–Crippen LogP) is 2.84. The molecule has 1 unspecified atom stereocenters. The summed E-state index contributed by atoms with van der Waals surface area (Å²) < 4.78 is 78.2. The van der Waals surface area contributed by atoms with E-state index in [2.05, 4.69) is 10.6 Å². The van der Waals surface area contributed by atoms with Crippen LogP contribution >= 0.6 is 0 Å². The SMILES string of the molecule is CS(=O)(=O)c1cccc(C(=O)N2[C@@H](C(=O)NC(c3ccc(C(F)(F)F)cc3F)[C@H]3CNC(=O)C3)C[C@H]3C[C@H]32)c1. The molecule has 2 saturated heterocycles. The van der Waals surface area contributed by atoms with Crippen LogP contribution in [0.5, 0.6) is 0 Å². The second-order valence-electron chi connectivity index (χ2n) is 10.3. The van der Waals surface area contributed by atoms with Gasteiger partial charge in [0.05, 0.1) is 16.5 Å². The zero-order valence-electron chi connectivity index (χ0n) is 20.7. The highest BCUT2D eigenvalue weighted by molar-refractivity contribution is 7.90. The number of halogens is 4. The Labute approximate surface area is 221 Å². The summed E-state index contributed by atoms with van der Waals surface area (Å²) in [7, 11) is -3.58. The maximum Gasteiger partial charge on any atom is 0.416 e. The van der Waals surface area contributed by atoms with Crippen molar-refractivity contribution < 1.29 is 40.4 Å². The van der Waals surface area contributed by atoms with Crippen molar-refractivity contribution >= 4 is 27.6 Å². The molecule has 8 nitrogen and oxygen atoms in total. The summed E-state index contributed by atoms with van der Waals surface area (Å²) in [6, 6.07) is 5.24. The minimum Gasteiger partial charge on any atom is -0.356 e. The van der Waals surface area contributed by atoms with Crippen molar-refractivity contribution in [3.8, 4) is 0 Å². The van der Waals surface area contributed by atoms with Gasteiger partial charge in [-0.2, -0.15) is 13.2 Å². The molecule has 5 atom stereocenters. The predicted molar refractivity (Wildman–Crippen MR) is 129 cm³/mol. The average Bonchev–Trinajstić information content (AvgIpc) is 3.31. The first-order valence-corrected chi connectivity index (χ1v) is 14.2. The summed E-state index contributed by atoms with van der Waals surface area (Å²) in [4.78, 5) is 40.2. The number of hydrogen-bond donors (Lipinski definition) is 2. The van der Waals surface area contributed by atoms with E-state index in [9.17, 15) is 40.4 Å². The highest BCUT2D eigenvalue weighted by Gasteiger charge is 2.56. The summed E-state index contributed by atoms with van der Waals surface area (Å²) in [5.74, 6) is -3.22. The lowest BCUT2D eigenvalue weighted by molar-refractivity contribution is -0.137. The quantitative estimate of drug-likeness (QED) is 0.522. The van der Waals surface area contributed by atoms with E-state index in [-0.39, 0.29) is 46.9 Å². The molecule has 208 valence electrons. The van der Waals surface area contributed by atoms with Gasteiger partial charge in [-0.05, 0) is 49.1 Å². The van der Waals surface area contributed by atoms with Crippen molar-refractivity contribution in [2.45, 2.75) is 48.5 Å². The zero-order valence-corrected chi connectivity index (χ0v) is 21.5. The molecule has 1 saturated carbocycles. The van der Waals surface area contributed by atoms with Gasteiger partial charge in [-0.25, -0.2) is 12.8 Å². The number of sulfone groups is 1. The molecule has 2 N–H and O–H groups in total. The van der Waals surface area contributed by atoms with E-state index in [1.54, 1.807) is 0 Å². The molecule has 0 bridgehead atoms. The lowest BCUT2D eigenvalue weighted by atomic mass is 9.90. The molecular weight excluding hydrogens is 542 g/mol. The number of piperidine rings is 1. The first kappa shape index (κ1) is 27.1. The van der Waals surface area contributed by atoms with Crippen LogP contribution in [0.15, 0.2) is 47.4 Å². The number of hydrogen-bond acceptors (Lipinski definition) is 5. The molecule has 2 aliphatic heterocycles. The Morgan fingerprint density at radius 1 is 1.13 bits per heavy atom. The van der Waals surface area contributed by atoms with Crippen LogP contribution < -0.4 is 10.6 Å². The Morgan fingerprint density at radius 2 is 1.87 bits per heavy atom. The zero-order chi connectivity index (χ0) is 28.3. The first-order chi connectivity index (χ1) is 18.2. The molecule has 2 aromatic carbocycles. The summed E-state index contributed by atoms with van der Waals surface area (Å²) in [5, 5.41) is 5.30. The normalized spacial score (nSPS) is 25.2. The van der Waals surface area contributed by atoms with Crippen LogP contribution in [0.4, 0.5) is 17.6 Å². The Kier molecular flexibility index (Phi) is 6.68. The van der Waals surface area contributed by atoms with Gasteiger partial charge in [0.2, 0.25) is 11.8 Å². The number of amides is 3. The van der Waals surface area contributed by atoms with Gasteiger partial charge in [0.1, 0.15) is 11.9 Å². The summed E-state index contributed by atoms with van der Waals surface area (Å²) in [6.07, 6.45) is -2.80. The highest BCUT2D eigenvalue weighted by Crippen LogP contribution is 2.48. The molecule has 2 heterocycles. The van der Waals surface area contributed by atoms with Gasteiger partial charge in [0.25, 0.3) is 5.91 Å². The van der Waals surface area contributed by atoms with Crippen LogP contribution in [0.25, 0.3) is 0 Å². The lowest BCUT2D eigenvalue weighted by Crippen LogP contribution is -2.49.